The monoisotopic (exact) mass is 270 g/mol. The highest BCUT2D eigenvalue weighted by Gasteiger charge is 2.34. The second-order valence-electron chi connectivity index (χ2n) is 6.77. The summed E-state index contributed by atoms with van der Waals surface area (Å²) in [5.41, 5.74) is 3.62. The van der Waals surface area contributed by atoms with E-state index in [0.717, 1.165) is 29.8 Å². The lowest BCUT2D eigenvalue weighted by Gasteiger charge is -2.22. The van der Waals surface area contributed by atoms with Crippen molar-refractivity contribution in [2.45, 2.75) is 51.0 Å². The van der Waals surface area contributed by atoms with Crippen LogP contribution in [0.5, 0.6) is 0 Å². The van der Waals surface area contributed by atoms with Gasteiger partial charge in [0.15, 0.2) is 0 Å². The minimum atomic E-state index is -0.323. The Morgan fingerprint density at radius 3 is 2.85 bits per heavy atom. The quantitative estimate of drug-likeness (QED) is 0.923. The van der Waals surface area contributed by atoms with Crippen LogP contribution in [0.4, 0.5) is 0 Å². The van der Waals surface area contributed by atoms with Gasteiger partial charge >= 0.3 is 0 Å². The number of rotatable bonds is 3. The van der Waals surface area contributed by atoms with Gasteiger partial charge in [-0.2, -0.15) is 0 Å². The standard InChI is InChI=1S/C17H22N2O/c1-11-2-3-13(8-11)17(20)16-14(12-4-5-12)6-7-19-10-18-9-15(16)19/h6-7,9-13,17,20H,2-5,8H2,1H3. The predicted molar refractivity (Wildman–Crippen MR) is 78.6 cm³/mol. The molecule has 0 amide bonds. The number of aliphatic hydroxyl groups excluding tert-OH is 1. The number of imidazole rings is 1. The van der Waals surface area contributed by atoms with Crippen molar-refractivity contribution in [3.05, 3.63) is 35.9 Å². The van der Waals surface area contributed by atoms with E-state index in [1.807, 2.05) is 16.9 Å². The van der Waals surface area contributed by atoms with Crippen LogP contribution in [0.15, 0.2) is 24.8 Å². The van der Waals surface area contributed by atoms with E-state index in [2.05, 4.69) is 24.2 Å². The van der Waals surface area contributed by atoms with E-state index in [9.17, 15) is 5.11 Å². The van der Waals surface area contributed by atoms with Gasteiger partial charge in [-0.15, -0.1) is 0 Å². The molecule has 2 aromatic heterocycles. The zero-order chi connectivity index (χ0) is 13.7. The van der Waals surface area contributed by atoms with Gasteiger partial charge in [-0.1, -0.05) is 13.3 Å². The van der Waals surface area contributed by atoms with Gasteiger partial charge in [0.25, 0.3) is 0 Å². The number of hydrogen-bond acceptors (Lipinski definition) is 2. The van der Waals surface area contributed by atoms with Crippen LogP contribution in [0.25, 0.3) is 5.52 Å². The molecular formula is C17H22N2O. The zero-order valence-electron chi connectivity index (χ0n) is 12.0. The number of nitrogens with zero attached hydrogens (tertiary/aromatic N) is 2. The molecule has 4 rings (SSSR count). The first-order valence-corrected chi connectivity index (χ1v) is 7.86. The van der Waals surface area contributed by atoms with Gasteiger partial charge in [0, 0.05) is 11.8 Å². The van der Waals surface area contributed by atoms with Crippen molar-refractivity contribution in [1.29, 1.82) is 0 Å². The van der Waals surface area contributed by atoms with Crippen molar-refractivity contribution < 1.29 is 5.11 Å². The van der Waals surface area contributed by atoms with E-state index < -0.39 is 0 Å². The van der Waals surface area contributed by atoms with Gasteiger partial charge in [0.05, 0.1) is 24.1 Å². The predicted octanol–water partition coefficient (Wildman–Crippen LogP) is 3.68. The van der Waals surface area contributed by atoms with E-state index in [0.29, 0.717) is 11.8 Å². The smallest absolute Gasteiger partial charge is 0.0992 e. The Hall–Kier alpha value is -1.35. The summed E-state index contributed by atoms with van der Waals surface area (Å²) in [6.07, 6.45) is 11.6. The summed E-state index contributed by atoms with van der Waals surface area (Å²) in [7, 11) is 0. The van der Waals surface area contributed by atoms with E-state index in [-0.39, 0.29) is 6.10 Å². The van der Waals surface area contributed by atoms with Crippen LogP contribution in [0.1, 0.15) is 62.2 Å². The Balaban J connectivity index is 1.79. The lowest BCUT2D eigenvalue weighted by atomic mass is 9.89. The van der Waals surface area contributed by atoms with Crippen molar-refractivity contribution >= 4 is 5.52 Å². The maximum Gasteiger partial charge on any atom is 0.0992 e. The molecule has 0 aromatic carbocycles. The molecule has 3 unspecified atom stereocenters. The van der Waals surface area contributed by atoms with Crippen LogP contribution in [0, 0.1) is 11.8 Å². The summed E-state index contributed by atoms with van der Waals surface area (Å²) in [6.45, 7) is 2.30. The zero-order valence-corrected chi connectivity index (χ0v) is 12.0. The molecule has 1 N–H and O–H groups in total. The van der Waals surface area contributed by atoms with E-state index in [4.69, 9.17) is 0 Å². The Morgan fingerprint density at radius 2 is 2.15 bits per heavy atom. The lowest BCUT2D eigenvalue weighted by molar-refractivity contribution is 0.110. The maximum absolute atomic E-state index is 11.0. The molecule has 20 heavy (non-hydrogen) atoms. The molecule has 0 aliphatic heterocycles. The summed E-state index contributed by atoms with van der Waals surface area (Å²) >= 11 is 0. The molecule has 2 saturated carbocycles. The first-order chi connectivity index (χ1) is 9.74. The number of pyridine rings is 1. The van der Waals surface area contributed by atoms with E-state index in [1.165, 1.54) is 24.8 Å². The number of aliphatic hydroxyl groups is 1. The third kappa shape index (κ3) is 1.96. The molecule has 0 spiro atoms. The molecule has 2 fully saturated rings. The van der Waals surface area contributed by atoms with Crippen LogP contribution in [0.3, 0.4) is 0 Å². The second-order valence-corrected chi connectivity index (χ2v) is 6.77. The molecule has 2 aliphatic rings. The fourth-order valence-corrected chi connectivity index (χ4v) is 3.88. The Bertz CT molecular complexity index is 629. The van der Waals surface area contributed by atoms with Crippen LogP contribution in [-0.4, -0.2) is 14.5 Å². The maximum atomic E-state index is 11.0. The lowest BCUT2D eigenvalue weighted by Crippen LogP contribution is -2.13. The largest absolute Gasteiger partial charge is 0.388 e. The average Bonchev–Trinajstić information content (AvgIpc) is 3.02. The third-order valence-corrected chi connectivity index (χ3v) is 5.16. The minimum absolute atomic E-state index is 0.323. The molecule has 2 aromatic rings. The molecule has 2 heterocycles. The van der Waals surface area contributed by atoms with Gasteiger partial charge in [-0.3, -0.25) is 0 Å². The SMILES string of the molecule is CC1CCC(C(O)c2c(C3CC3)ccn3cncc23)C1. The Labute approximate surface area is 119 Å². The molecule has 106 valence electrons. The summed E-state index contributed by atoms with van der Waals surface area (Å²) in [5.74, 6) is 1.84. The van der Waals surface area contributed by atoms with Gasteiger partial charge in [0.2, 0.25) is 0 Å². The summed E-state index contributed by atoms with van der Waals surface area (Å²) in [6, 6.07) is 2.20. The van der Waals surface area contributed by atoms with Crippen molar-refractivity contribution in [3.63, 3.8) is 0 Å². The number of fused-ring (bicyclic) bond motifs is 1. The molecule has 0 saturated heterocycles. The van der Waals surface area contributed by atoms with E-state index >= 15 is 0 Å². The molecule has 0 bridgehead atoms. The highest BCUT2D eigenvalue weighted by Crippen LogP contribution is 2.47. The highest BCUT2D eigenvalue weighted by molar-refractivity contribution is 5.59. The Kier molecular flexibility index (Phi) is 2.84. The fourth-order valence-electron chi connectivity index (χ4n) is 3.88. The van der Waals surface area contributed by atoms with Crippen molar-refractivity contribution in [1.82, 2.24) is 9.38 Å². The van der Waals surface area contributed by atoms with Gasteiger partial charge < -0.3 is 9.51 Å². The highest BCUT2D eigenvalue weighted by atomic mass is 16.3. The molecule has 3 nitrogen and oxygen atoms in total. The Morgan fingerprint density at radius 1 is 1.30 bits per heavy atom. The second kappa shape index (κ2) is 4.59. The minimum Gasteiger partial charge on any atom is -0.388 e. The van der Waals surface area contributed by atoms with Crippen LogP contribution < -0.4 is 0 Å². The van der Waals surface area contributed by atoms with Crippen molar-refractivity contribution in [2.24, 2.45) is 11.8 Å². The van der Waals surface area contributed by atoms with Crippen LogP contribution >= 0.6 is 0 Å². The van der Waals surface area contributed by atoms with Gasteiger partial charge in [-0.05, 0) is 55.1 Å². The third-order valence-electron chi connectivity index (χ3n) is 5.16. The number of aromatic nitrogens is 2. The van der Waals surface area contributed by atoms with Gasteiger partial charge in [-0.25, -0.2) is 4.98 Å². The van der Waals surface area contributed by atoms with Gasteiger partial charge in [0.1, 0.15) is 0 Å². The summed E-state index contributed by atoms with van der Waals surface area (Å²) in [5, 5.41) is 11.0. The first kappa shape index (κ1) is 12.4. The van der Waals surface area contributed by atoms with E-state index in [1.54, 1.807) is 0 Å². The van der Waals surface area contributed by atoms with Crippen molar-refractivity contribution in [2.75, 3.05) is 0 Å². The molecule has 3 atom stereocenters. The topological polar surface area (TPSA) is 37.5 Å². The fraction of sp³-hybridized carbons (Fsp3) is 0.588. The summed E-state index contributed by atoms with van der Waals surface area (Å²) < 4.78 is 2.04. The first-order valence-electron chi connectivity index (χ1n) is 7.86. The van der Waals surface area contributed by atoms with Crippen LogP contribution in [-0.2, 0) is 0 Å². The number of hydrogen-bond donors (Lipinski definition) is 1. The molecule has 3 heteroatoms. The van der Waals surface area contributed by atoms with Crippen LogP contribution in [0.2, 0.25) is 0 Å². The average molecular weight is 270 g/mol. The molecular weight excluding hydrogens is 248 g/mol. The van der Waals surface area contributed by atoms with Crippen molar-refractivity contribution in [3.8, 4) is 0 Å². The normalized spacial score (nSPS) is 28.1. The summed E-state index contributed by atoms with van der Waals surface area (Å²) in [4.78, 5) is 4.26. The molecule has 2 aliphatic carbocycles. The molecule has 0 radical (unpaired) electrons.